The van der Waals surface area contributed by atoms with Crippen LogP contribution in [0, 0.1) is 15.9 Å². The molecule has 0 aliphatic heterocycles. The van der Waals surface area contributed by atoms with Gasteiger partial charge in [-0.3, -0.25) is 10.1 Å². The quantitative estimate of drug-likeness (QED) is 0.686. The van der Waals surface area contributed by atoms with Gasteiger partial charge in [-0.25, -0.2) is 9.37 Å². The normalized spacial score (nSPS) is 11.9. The Morgan fingerprint density at radius 3 is 2.85 bits per heavy atom. The highest BCUT2D eigenvalue weighted by Crippen LogP contribution is 2.33. The predicted octanol–water partition coefficient (Wildman–Crippen LogP) is 2.97. The van der Waals surface area contributed by atoms with Crippen molar-refractivity contribution in [2.24, 2.45) is 0 Å². The number of hydrogen-bond acceptors (Lipinski definition) is 5. The standard InChI is InChI=1S/C13H11FN2O4/c1-8(17)10-3-2-6-15-13(10)20-12-7-9(14)4-5-11(12)16(18)19/h2-8,17H,1H3. The Balaban J connectivity index is 2.45. The van der Waals surface area contributed by atoms with E-state index < -0.39 is 16.8 Å². The lowest BCUT2D eigenvalue weighted by Crippen LogP contribution is -2.00. The van der Waals surface area contributed by atoms with E-state index in [4.69, 9.17) is 4.74 Å². The number of aromatic nitrogens is 1. The summed E-state index contributed by atoms with van der Waals surface area (Å²) in [6.45, 7) is 1.50. The van der Waals surface area contributed by atoms with Gasteiger partial charge in [-0.1, -0.05) is 0 Å². The molecule has 6 nitrogen and oxygen atoms in total. The maximum atomic E-state index is 13.2. The first-order valence-corrected chi connectivity index (χ1v) is 5.74. The van der Waals surface area contributed by atoms with Gasteiger partial charge in [0.05, 0.1) is 11.0 Å². The number of ether oxygens (including phenoxy) is 1. The molecule has 2 aromatic rings. The SMILES string of the molecule is CC(O)c1cccnc1Oc1cc(F)ccc1[N+](=O)[O-]. The minimum atomic E-state index is -0.869. The summed E-state index contributed by atoms with van der Waals surface area (Å²) in [6, 6.07) is 6.04. The van der Waals surface area contributed by atoms with Crippen LogP contribution in [0.4, 0.5) is 10.1 Å². The monoisotopic (exact) mass is 278 g/mol. The Bertz CT molecular complexity index is 646. The van der Waals surface area contributed by atoms with Crippen LogP contribution in [0.25, 0.3) is 0 Å². The molecule has 0 saturated carbocycles. The Hall–Kier alpha value is -2.54. The molecule has 2 rings (SSSR count). The Morgan fingerprint density at radius 1 is 1.45 bits per heavy atom. The highest BCUT2D eigenvalue weighted by Gasteiger charge is 2.19. The lowest BCUT2D eigenvalue weighted by Gasteiger charge is -2.11. The van der Waals surface area contributed by atoms with Gasteiger partial charge in [-0.2, -0.15) is 0 Å². The lowest BCUT2D eigenvalue weighted by molar-refractivity contribution is -0.385. The average molecular weight is 278 g/mol. The summed E-state index contributed by atoms with van der Waals surface area (Å²) in [5, 5.41) is 20.5. The van der Waals surface area contributed by atoms with Crippen molar-refractivity contribution >= 4 is 5.69 Å². The molecular formula is C13H11FN2O4. The molecule has 0 bridgehead atoms. The van der Waals surface area contributed by atoms with Crippen molar-refractivity contribution < 1.29 is 19.2 Å². The number of aliphatic hydroxyl groups is 1. The van der Waals surface area contributed by atoms with Crippen LogP contribution in [0.15, 0.2) is 36.5 Å². The molecule has 1 aromatic carbocycles. The van der Waals surface area contributed by atoms with Gasteiger partial charge >= 0.3 is 5.69 Å². The van der Waals surface area contributed by atoms with E-state index in [9.17, 15) is 19.6 Å². The Morgan fingerprint density at radius 2 is 2.20 bits per heavy atom. The van der Waals surface area contributed by atoms with Crippen molar-refractivity contribution in [3.8, 4) is 11.6 Å². The topological polar surface area (TPSA) is 85.5 Å². The molecule has 104 valence electrons. The third-order valence-corrected chi connectivity index (χ3v) is 2.58. The van der Waals surface area contributed by atoms with Gasteiger partial charge in [0.25, 0.3) is 0 Å². The van der Waals surface area contributed by atoms with E-state index in [1.165, 1.54) is 13.1 Å². The zero-order chi connectivity index (χ0) is 14.7. The van der Waals surface area contributed by atoms with Gasteiger partial charge in [-0.05, 0) is 25.1 Å². The summed E-state index contributed by atoms with van der Waals surface area (Å²) in [7, 11) is 0. The molecule has 1 unspecified atom stereocenters. The van der Waals surface area contributed by atoms with Crippen molar-refractivity contribution in [2.75, 3.05) is 0 Å². The van der Waals surface area contributed by atoms with Crippen molar-refractivity contribution in [3.05, 3.63) is 58.0 Å². The molecule has 0 aliphatic carbocycles. The zero-order valence-electron chi connectivity index (χ0n) is 10.5. The molecule has 1 aromatic heterocycles. The molecular weight excluding hydrogens is 267 g/mol. The highest BCUT2D eigenvalue weighted by molar-refractivity contribution is 5.48. The zero-order valence-corrected chi connectivity index (χ0v) is 10.5. The van der Waals surface area contributed by atoms with Gasteiger partial charge in [0.15, 0.2) is 0 Å². The van der Waals surface area contributed by atoms with Crippen molar-refractivity contribution in [3.63, 3.8) is 0 Å². The van der Waals surface area contributed by atoms with Crippen molar-refractivity contribution in [1.29, 1.82) is 0 Å². The van der Waals surface area contributed by atoms with Crippen LogP contribution in [0.1, 0.15) is 18.6 Å². The van der Waals surface area contributed by atoms with E-state index in [0.29, 0.717) is 5.56 Å². The van der Waals surface area contributed by atoms with E-state index >= 15 is 0 Å². The largest absolute Gasteiger partial charge is 0.431 e. The number of nitro benzene ring substituents is 1. The van der Waals surface area contributed by atoms with Gasteiger partial charge < -0.3 is 9.84 Å². The number of pyridine rings is 1. The van der Waals surface area contributed by atoms with Gasteiger partial charge in [0, 0.05) is 23.9 Å². The molecule has 1 atom stereocenters. The molecule has 0 radical (unpaired) electrons. The second-order valence-corrected chi connectivity index (χ2v) is 4.04. The highest BCUT2D eigenvalue weighted by atomic mass is 19.1. The van der Waals surface area contributed by atoms with E-state index in [2.05, 4.69) is 4.98 Å². The molecule has 0 spiro atoms. The van der Waals surface area contributed by atoms with E-state index in [-0.39, 0.29) is 17.3 Å². The first-order valence-electron chi connectivity index (χ1n) is 5.74. The summed E-state index contributed by atoms with van der Waals surface area (Å²) in [5.74, 6) is -0.938. The van der Waals surface area contributed by atoms with E-state index in [1.54, 1.807) is 12.1 Å². The fourth-order valence-corrected chi connectivity index (χ4v) is 1.63. The number of halogens is 1. The van der Waals surface area contributed by atoms with Crippen LogP contribution < -0.4 is 4.74 Å². The number of nitro groups is 1. The third-order valence-electron chi connectivity index (χ3n) is 2.58. The maximum Gasteiger partial charge on any atom is 0.311 e. The van der Waals surface area contributed by atoms with E-state index in [0.717, 1.165) is 18.2 Å². The Kier molecular flexibility index (Phi) is 3.90. The van der Waals surface area contributed by atoms with Crippen molar-refractivity contribution in [2.45, 2.75) is 13.0 Å². The number of rotatable bonds is 4. The number of benzene rings is 1. The molecule has 0 saturated heterocycles. The van der Waals surface area contributed by atoms with Crippen LogP contribution in [-0.4, -0.2) is 15.0 Å². The van der Waals surface area contributed by atoms with Crippen LogP contribution in [-0.2, 0) is 0 Å². The number of nitrogens with zero attached hydrogens (tertiary/aromatic N) is 2. The minimum Gasteiger partial charge on any atom is -0.431 e. The number of hydrogen-bond donors (Lipinski definition) is 1. The second-order valence-electron chi connectivity index (χ2n) is 4.04. The summed E-state index contributed by atoms with van der Waals surface area (Å²) < 4.78 is 18.5. The molecule has 0 aliphatic rings. The smallest absolute Gasteiger partial charge is 0.311 e. The fraction of sp³-hybridized carbons (Fsp3) is 0.154. The molecule has 1 heterocycles. The first-order chi connectivity index (χ1) is 9.49. The van der Waals surface area contributed by atoms with Crippen LogP contribution >= 0.6 is 0 Å². The van der Waals surface area contributed by atoms with E-state index in [1.807, 2.05) is 0 Å². The maximum absolute atomic E-state index is 13.2. The van der Waals surface area contributed by atoms with Gasteiger partial charge in [0.2, 0.25) is 11.6 Å². The summed E-state index contributed by atoms with van der Waals surface area (Å²) in [4.78, 5) is 14.1. The average Bonchev–Trinajstić information content (AvgIpc) is 2.38. The first kappa shape index (κ1) is 13.9. The molecule has 0 amide bonds. The number of aliphatic hydroxyl groups excluding tert-OH is 1. The lowest BCUT2D eigenvalue weighted by atomic mass is 10.2. The minimum absolute atomic E-state index is 0.00352. The Labute approximate surface area is 113 Å². The van der Waals surface area contributed by atoms with Crippen LogP contribution in [0.3, 0.4) is 0 Å². The van der Waals surface area contributed by atoms with Gasteiger partial charge in [-0.15, -0.1) is 0 Å². The summed E-state index contributed by atoms with van der Waals surface area (Å²) >= 11 is 0. The summed E-state index contributed by atoms with van der Waals surface area (Å²) in [5.41, 5.74) is -0.0281. The van der Waals surface area contributed by atoms with Gasteiger partial charge in [0.1, 0.15) is 5.82 Å². The molecule has 0 fully saturated rings. The molecule has 7 heteroatoms. The molecule has 20 heavy (non-hydrogen) atoms. The third kappa shape index (κ3) is 2.89. The van der Waals surface area contributed by atoms with Crippen molar-refractivity contribution in [1.82, 2.24) is 4.98 Å². The summed E-state index contributed by atoms with van der Waals surface area (Å²) in [6.07, 6.45) is 0.540. The molecule has 1 N–H and O–H groups in total. The van der Waals surface area contributed by atoms with Crippen LogP contribution in [0.5, 0.6) is 11.6 Å². The van der Waals surface area contributed by atoms with Crippen LogP contribution in [0.2, 0.25) is 0 Å². The fourth-order valence-electron chi connectivity index (χ4n) is 1.63. The second kappa shape index (κ2) is 5.62. The predicted molar refractivity (Wildman–Crippen MR) is 68.0 cm³/mol.